The van der Waals surface area contributed by atoms with Crippen LogP contribution in [0.1, 0.15) is 65.2 Å². The fourth-order valence-corrected chi connectivity index (χ4v) is 6.09. The van der Waals surface area contributed by atoms with Gasteiger partial charge in [-0.3, -0.25) is 4.90 Å². The zero-order valence-corrected chi connectivity index (χ0v) is 19.5. The molecule has 1 unspecified atom stereocenters. The number of fused-ring (bicyclic) bond motifs is 1. The third-order valence-corrected chi connectivity index (χ3v) is 7.89. The Morgan fingerprint density at radius 3 is 2.62 bits per heavy atom. The molecule has 1 saturated carbocycles. The van der Waals surface area contributed by atoms with E-state index in [1.807, 2.05) is 31.3 Å². The molecule has 5 rings (SSSR count). The first-order valence-corrected chi connectivity index (χ1v) is 11.8. The van der Waals surface area contributed by atoms with E-state index in [0.717, 1.165) is 39.8 Å². The van der Waals surface area contributed by atoms with Crippen LogP contribution in [0.4, 0.5) is 8.78 Å². The van der Waals surface area contributed by atoms with Gasteiger partial charge in [-0.15, -0.1) is 0 Å². The number of nitrogens with zero attached hydrogens (tertiary/aromatic N) is 1. The standard InChI is InChI=1S/C27H30F2N2O3/c1-17-13-23(34-2)21(20-7-11-30-24(17)20)15-31-12-10-26(8-9-27(28,29)16-26)14-22(31)18-3-5-19(6-4-18)25(32)33/h3-7,11,13,22,30H,8-10,12,14-16H2,1-2H3,(H,32,33)/t22-,26?/m1/s1. The van der Waals surface area contributed by atoms with E-state index >= 15 is 0 Å². The van der Waals surface area contributed by atoms with Crippen LogP contribution in [-0.4, -0.2) is 40.5 Å². The molecule has 180 valence electrons. The first kappa shape index (κ1) is 22.8. The smallest absolute Gasteiger partial charge is 0.335 e. The zero-order chi connectivity index (χ0) is 24.1. The Hall–Kier alpha value is -2.93. The normalized spacial score (nSPS) is 24.6. The molecule has 0 radical (unpaired) electrons. The first-order chi connectivity index (χ1) is 16.2. The Morgan fingerprint density at radius 2 is 1.97 bits per heavy atom. The number of nitrogens with one attached hydrogen (secondary N) is 1. The Bertz CT molecular complexity index is 1220. The van der Waals surface area contributed by atoms with E-state index < -0.39 is 11.9 Å². The van der Waals surface area contributed by atoms with Crippen LogP contribution in [0.25, 0.3) is 10.9 Å². The van der Waals surface area contributed by atoms with Crippen molar-refractivity contribution < 1.29 is 23.4 Å². The lowest BCUT2D eigenvalue weighted by molar-refractivity contribution is -0.0235. The third kappa shape index (κ3) is 4.06. The molecule has 1 aromatic heterocycles. The highest BCUT2D eigenvalue weighted by Gasteiger charge is 2.52. The van der Waals surface area contributed by atoms with E-state index in [1.54, 1.807) is 19.2 Å². The van der Waals surface area contributed by atoms with Crippen molar-refractivity contribution in [3.8, 4) is 5.75 Å². The summed E-state index contributed by atoms with van der Waals surface area (Å²) in [5.74, 6) is -2.76. The summed E-state index contributed by atoms with van der Waals surface area (Å²) >= 11 is 0. The number of carboxylic acids is 1. The molecule has 1 aliphatic carbocycles. The Balaban J connectivity index is 1.52. The lowest BCUT2D eigenvalue weighted by Crippen LogP contribution is -2.41. The van der Waals surface area contributed by atoms with Gasteiger partial charge in [0.05, 0.1) is 12.7 Å². The number of piperidine rings is 1. The number of alkyl halides is 2. The molecule has 2 aliphatic rings. The maximum atomic E-state index is 14.3. The largest absolute Gasteiger partial charge is 0.496 e. The Kier molecular flexibility index (Phi) is 5.63. The molecule has 2 heterocycles. The minimum absolute atomic E-state index is 0.0482. The Labute approximate surface area is 197 Å². The topological polar surface area (TPSA) is 65.6 Å². The van der Waals surface area contributed by atoms with Gasteiger partial charge in [0, 0.05) is 48.1 Å². The molecular weight excluding hydrogens is 438 g/mol. The van der Waals surface area contributed by atoms with Crippen molar-refractivity contribution in [2.45, 2.75) is 57.5 Å². The number of aromatic nitrogens is 1. The number of methoxy groups -OCH3 is 1. The van der Waals surface area contributed by atoms with Gasteiger partial charge in [0.2, 0.25) is 5.92 Å². The van der Waals surface area contributed by atoms with E-state index in [4.69, 9.17) is 4.74 Å². The molecule has 2 aromatic carbocycles. The van der Waals surface area contributed by atoms with Crippen LogP contribution in [0, 0.1) is 12.3 Å². The van der Waals surface area contributed by atoms with Crippen molar-refractivity contribution in [1.29, 1.82) is 0 Å². The van der Waals surface area contributed by atoms with Gasteiger partial charge in [-0.25, -0.2) is 13.6 Å². The molecule has 1 aliphatic heterocycles. The van der Waals surface area contributed by atoms with Crippen molar-refractivity contribution in [3.63, 3.8) is 0 Å². The fourth-order valence-electron chi connectivity index (χ4n) is 6.09. The number of rotatable bonds is 5. The summed E-state index contributed by atoms with van der Waals surface area (Å²) < 4.78 is 34.3. The second-order valence-electron chi connectivity index (χ2n) is 10.0. The molecular formula is C27H30F2N2O3. The van der Waals surface area contributed by atoms with Crippen LogP contribution in [-0.2, 0) is 6.54 Å². The number of aromatic amines is 1. The molecule has 0 amide bonds. The lowest BCUT2D eigenvalue weighted by atomic mass is 9.72. The number of likely N-dealkylation sites (tertiary alicyclic amines) is 1. The third-order valence-electron chi connectivity index (χ3n) is 7.89. The minimum atomic E-state index is -2.60. The second-order valence-corrected chi connectivity index (χ2v) is 10.0. The van der Waals surface area contributed by atoms with Crippen molar-refractivity contribution in [3.05, 3.63) is 64.8 Å². The number of benzene rings is 2. The van der Waals surface area contributed by atoms with Crippen LogP contribution in [0.15, 0.2) is 42.6 Å². The van der Waals surface area contributed by atoms with Crippen LogP contribution in [0.2, 0.25) is 0 Å². The van der Waals surface area contributed by atoms with Crippen molar-refractivity contribution in [2.75, 3.05) is 13.7 Å². The molecule has 5 nitrogen and oxygen atoms in total. The number of carbonyl (C=O) groups is 1. The quantitative estimate of drug-likeness (QED) is 0.460. The highest BCUT2D eigenvalue weighted by atomic mass is 19.3. The summed E-state index contributed by atoms with van der Waals surface area (Å²) in [5.41, 5.74) is 4.06. The molecule has 1 saturated heterocycles. The van der Waals surface area contributed by atoms with Crippen molar-refractivity contribution in [1.82, 2.24) is 9.88 Å². The van der Waals surface area contributed by atoms with Gasteiger partial charge >= 0.3 is 5.97 Å². The lowest BCUT2D eigenvalue weighted by Gasteiger charge is -2.45. The van der Waals surface area contributed by atoms with E-state index in [1.165, 1.54) is 0 Å². The van der Waals surface area contributed by atoms with Gasteiger partial charge in [0.25, 0.3) is 0 Å². The van der Waals surface area contributed by atoms with Gasteiger partial charge in [-0.1, -0.05) is 12.1 Å². The highest BCUT2D eigenvalue weighted by molar-refractivity contribution is 5.88. The summed E-state index contributed by atoms with van der Waals surface area (Å²) in [7, 11) is 1.67. The van der Waals surface area contributed by atoms with Gasteiger partial charge in [0.1, 0.15) is 5.75 Å². The van der Waals surface area contributed by atoms with Gasteiger partial charge in [-0.05, 0) is 73.5 Å². The van der Waals surface area contributed by atoms with Crippen molar-refractivity contribution >= 4 is 16.9 Å². The van der Waals surface area contributed by atoms with Crippen LogP contribution >= 0.6 is 0 Å². The summed E-state index contributed by atoms with van der Waals surface area (Å²) in [4.78, 5) is 17.0. The number of aromatic carboxylic acids is 1. The summed E-state index contributed by atoms with van der Waals surface area (Å²) in [5, 5.41) is 10.4. The number of hydrogen-bond acceptors (Lipinski definition) is 3. The van der Waals surface area contributed by atoms with E-state index in [2.05, 4.69) is 16.0 Å². The average molecular weight is 469 g/mol. The summed E-state index contributed by atoms with van der Waals surface area (Å²) in [6, 6.07) is 10.9. The fraction of sp³-hybridized carbons (Fsp3) is 0.444. The molecule has 1 spiro atoms. The van der Waals surface area contributed by atoms with Gasteiger partial charge in [0.15, 0.2) is 0 Å². The van der Waals surface area contributed by atoms with Crippen LogP contribution < -0.4 is 4.74 Å². The minimum Gasteiger partial charge on any atom is -0.496 e. The number of carboxylic acid groups (broad SMARTS) is 1. The number of halogens is 2. The predicted octanol–water partition coefficient (Wildman–Crippen LogP) is 6.33. The molecule has 7 heteroatoms. The number of aryl methyl sites for hydroxylation is 1. The van der Waals surface area contributed by atoms with E-state index in [0.29, 0.717) is 25.9 Å². The number of hydrogen-bond donors (Lipinski definition) is 2. The van der Waals surface area contributed by atoms with Gasteiger partial charge in [-0.2, -0.15) is 0 Å². The van der Waals surface area contributed by atoms with Crippen molar-refractivity contribution in [2.24, 2.45) is 5.41 Å². The molecule has 2 N–H and O–H groups in total. The van der Waals surface area contributed by atoms with Crippen LogP contribution in [0.5, 0.6) is 5.75 Å². The van der Waals surface area contributed by atoms with Crippen LogP contribution in [0.3, 0.4) is 0 Å². The Morgan fingerprint density at radius 1 is 1.21 bits per heavy atom. The van der Waals surface area contributed by atoms with E-state index in [9.17, 15) is 18.7 Å². The molecule has 2 atom stereocenters. The monoisotopic (exact) mass is 468 g/mol. The number of H-pyrrole nitrogens is 1. The molecule has 0 bridgehead atoms. The summed E-state index contributed by atoms with van der Waals surface area (Å²) in [6.07, 6.45) is 3.72. The zero-order valence-electron chi connectivity index (χ0n) is 19.5. The molecule has 3 aromatic rings. The average Bonchev–Trinajstić information content (AvgIpc) is 3.42. The SMILES string of the molecule is COc1cc(C)c2[nH]ccc2c1CN1CCC2(CCC(F)(F)C2)C[C@@H]1c1ccc(C(=O)O)cc1. The highest BCUT2D eigenvalue weighted by Crippen LogP contribution is 2.56. The number of ether oxygens (including phenoxy) is 1. The molecule has 34 heavy (non-hydrogen) atoms. The first-order valence-electron chi connectivity index (χ1n) is 11.8. The maximum Gasteiger partial charge on any atom is 0.335 e. The van der Waals surface area contributed by atoms with Gasteiger partial charge < -0.3 is 14.8 Å². The molecule has 2 fully saturated rings. The van der Waals surface area contributed by atoms with E-state index in [-0.39, 0.29) is 29.9 Å². The second kappa shape index (κ2) is 8.38. The summed E-state index contributed by atoms with van der Waals surface area (Å²) in [6.45, 7) is 3.36. The predicted molar refractivity (Wildman–Crippen MR) is 127 cm³/mol. The maximum absolute atomic E-state index is 14.3.